The number of hydrogen-bond donors (Lipinski definition) is 0. The molecule has 0 aliphatic rings. The lowest BCUT2D eigenvalue weighted by Gasteiger charge is -2.00. The SMILES string of the molecule is Cc1ccc(-c2noc(-c3ccc(C)cc3)c2C)cc1. The van der Waals surface area contributed by atoms with Crippen LogP contribution in [0, 0.1) is 20.8 Å². The van der Waals surface area contributed by atoms with Gasteiger partial charge in [-0.05, 0) is 20.8 Å². The Balaban J connectivity index is 2.04. The highest BCUT2D eigenvalue weighted by atomic mass is 16.5. The molecule has 0 spiro atoms. The molecule has 3 aromatic rings. The van der Waals surface area contributed by atoms with Gasteiger partial charge >= 0.3 is 0 Å². The summed E-state index contributed by atoms with van der Waals surface area (Å²) >= 11 is 0. The van der Waals surface area contributed by atoms with Gasteiger partial charge in [0.15, 0.2) is 5.76 Å². The highest BCUT2D eigenvalue weighted by molar-refractivity contribution is 5.72. The molecule has 0 radical (unpaired) electrons. The van der Waals surface area contributed by atoms with Crippen LogP contribution in [0.15, 0.2) is 53.1 Å². The zero-order chi connectivity index (χ0) is 14.1. The van der Waals surface area contributed by atoms with Crippen molar-refractivity contribution in [3.05, 3.63) is 65.2 Å². The van der Waals surface area contributed by atoms with Gasteiger partial charge < -0.3 is 4.52 Å². The summed E-state index contributed by atoms with van der Waals surface area (Å²) in [6, 6.07) is 16.7. The van der Waals surface area contributed by atoms with Gasteiger partial charge in [-0.1, -0.05) is 64.8 Å². The van der Waals surface area contributed by atoms with Crippen LogP contribution >= 0.6 is 0 Å². The zero-order valence-electron chi connectivity index (χ0n) is 12.0. The minimum absolute atomic E-state index is 0.848. The van der Waals surface area contributed by atoms with Crippen LogP contribution < -0.4 is 0 Å². The predicted octanol–water partition coefficient (Wildman–Crippen LogP) is 4.93. The van der Waals surface area contributed by atoms with Crippen LogP contribution in [0.3, 0.4) is 0 Å². The molecule has 0 fully saturated rings. The first-order valence-corrected chi connectivity index (χ1v) is 6.75. The van der Waals surface area contributed by atoms with E-state index in [0.717, 1.165) is 28.1 Å². The summed E-state index contributed by atoms with van der Waals surface area (Å²) < 4.78 is 5.56. The summed E-state index contributed by atoms with van der Waals surface area (Å²) in [4.78, 5) is 0. The van der Waals surface area contributed by atoms with Crippen LogP contribution in [0.2, 0.25) is 0 Å². The molecular weight excluding hydrogens is 246 g/mol. The maximum Gasteiger partial charge on any atom is 0.170 e. The van der Waals surface area contributed by atoms with Crippen molar-refractivity contribution in [2.45, 2.75) is 20.8 Å². The van der Waals surface area contributed by atoms with Gasteiger partial charge in [-0.25, -0.2) is 0 Å². The quantitative estimate of drug-likeness (QED) is 0.655. The molecule has 0 saturated carbocycles. The van der Waals surface area contributed by atoms with Crippen molar-refractivity contribution in [2.24, 2.45) is 0 Å². The van der Waals surface area contributed by atoms with Crippen molar-refractivity contribution in [2.75, 3.05) is 0 Å². The molecule has 0 aliphatic carbocycles. The first-order valence-electron chi connectivity index (χ1n) is 6.75. The lowest BCUT2D eigenvalue weighted by molar-refractivity contribution is 0.434. The fourth-order valence-electron chi connectivity index (χ4n) is 2.29. The van der Waals surface area contributed by atoms with Crippen molar-refractivity contribution < 1.29 is 4.52 Å². The molecule has 0 atom stereocenters. The summed E-state index contributed by atoms with van der Waals surface area (Å²) in [7, 11) is 0. The molecule has 0 bridgehead atoms. The molecular formula is C18H17NO. The molecule has 0 saturated heterocycles. The van der Waals surface area contributed by atoms with E-state index in [1.54, 1.807) is 0 Å². The fourth-order valence-corrected chi connectivity index (χ4v) is 2.29. The maximum atomic E-state index is 5.56. The summed E-state index contributed by atoms with van der Waals surface area (Å²) in [6.45, 7) is 6.22. The number of nitrogens with zero attached hydrogens (tertiary/aromatic N) is 1. The standard InChI is InChI=1S/C18H17NO/c1-12-4-8-15(9-5-12)17-14(3)18(20-19-17)16-10-6-13(2)7-11-16/h4-11H,1-3H3. The molecule has 20 heavy (non-hydrogen) atoms. The highest BCUT2D eigenvalue weighted by Gasteiger charge is 2.14. The van der Waals surface area contributed by atoms with Crippen LogP contribution in [-0.4, -0.2) is 5.16 Å². The molecule has 1 heterocycles. The normalized spacial score (nSPS) is 10.8. The minimum Gasteiger partial charge on any atom is -0.355 e. The van der Waals surface area contributed by atoms with Crippen LogP contribution in [-0.2, 0) is 0 Å². The Morgan fingerprint density at radius 2 is 1.20 bits per heavy atom. The van der Waals surface area contributed by atoms with Crippen molar-refractivity contribution >= 4 is 0 Å². The topological polar surface area (TPSA) is 26.0 Å². The Hall–Kier alpha value is -2.35. The van der Waals surface area contributed by atoms with Gasteiger partial charge in [-0.15, -0.1) is 0 Å². The van der Waals surface area contributed by atoms with E-state index < -0.39 is 0 Å². The minimum atomic E-state index is 0.848. The molecule has 2 heteroatoms. The molecule has 0 amide bonds. The lowest BCUT2D eigenvalue weighted by atomic mass is 10.0. The smallest absolute Gasteiger partial charge is 0.170 e. The van der Waals surface area contributed by atoms with Crippen LogP contribution in [0.4, 0.5) is 0 Å². The number of rotatable bonds is 2. The Morgan fingerprint density at radius 1 is 0.700 bits per heavy atom. The summed E-state index contributed by atoms with van der Waals surface area (Å²) in [5, 5.41) is 4.24. The second-order valence-electron chi connectivity index (χ2n) is 5.22. The molecule has 0 unspecified atom stereocenters. The van der Waals surface area contributed by atoms with Crippen molar-refractivity contribution in [3.63, 3.8) is 0 Å². The van der Waals surface area contributed by atoms with Crippen molar-refractivity contribution in [1.82, 2.24) is 5.16 Å². The van der Waals surface area contributed by atoms with E-state index in [-0.39, 0.29) is 0 Å². The number of benzene rings is 2. The summed E-state index contributed by atoms with van der Waals surface area (Å²) in [5.41, 5.74) is 6.64. The Labute approximate surface area is 119 Å². The molecule has 1 aromatic heterocycles. The number of aryl methyl sites for hydroxylation is 2. The van der Waals surface area contributed by atoms with Gasteiger partial charge in [0.05, 0.1) is 0 Å². The van der Waals surface area contributed by atoms with Crippen molar-refractivity contribution in [3.8, 4) is 22.6 Å². The summed E-state index contributed by atoms with van der Waals surface area (Å²) in [6.07, 6.45) is 0. The molecule has 0 N–H and O–H groups in total. The van der Waals surface area contributed by atoms with Gasteiger partial charge in [-0.3, -0.25) is 0 Å². The third-order valence-electron chi connectivity index (χ3n) is 3.56. The zero-order valence-corrected chi connectivity index (χ0v) is 12.0. The number of hydrogen-bond acceptors (Lipinski definition) is 2. The van der Waals surface area contributed by atoms with E-state index in [4.69, 9.17) is 4.52 Å². The second-order valence-corrected chi connectivity index (χ2v) is 5.22. The van der Waals surface area contributed by atoms with Crippen molar-refractivity contribution in [1.29, 1.82) is 0 Å². The Kier molecular flexibility index (Phi) is 3.15. The van der Waals surface area contributed by atoms with E-state index in [0.29, 0.717) is 0 Å². The van der Waals surface area contributed by atoms with E-state index in [2.05, 4.69) is 74.5 Å². The maximum absolute atomic E-state index is 5.56. The van der Waals surface area contributed by atoms with E-state index in [1.807, 2.05) is 0 Å². The monoisotopic (exact) mass is 263 g/mol. The largest absolute Gasteiger partial charge is 0.355 e. The number of aromatic nitrogens is 1. The average molecular weight is 263 g/mol. The molecule has 2 nitrogen and oxygen atoms in total. The lowest BCUT2D eigenvalue weighted by Crippen LogP contribution is -1.83. The first kappa shape index (κ1) is 12.7. The first-order chi connectivity index (χ1) is 9.65. The summed E-state index contributed by atoms with van der Waals surface area (Å²) in [5.74, 6) is 0.848. The Morgan fingerprint density at radius 3 is 1.75 bits per heavy atom. The van der Waals surface area contributed by atoms with Gasteiger partial charge in [0.25, 0.3) is 0 Å². The van der Waals surface area contributed by atoms with Crippen LogP contribution in [0.25, 0.3) is 22.6 Å². The van der Waals surface area contributed by atoms with Gasteiger partial charge in [0, 0.05) is 16.7 Å². The molecule has 0 aliphatic heterocycles. The molecule has 100 valence electrons. The molecule has 2 aromatic carbocycles. The van der Waals surface area contributed by atoms with Crippen LogP contribution in [0.5, 0.6) is 0 Å². The second kappa shape index (κ2) is 4.97. The molecule has 3 rings (SSSR count). The Bertz CT molecular complexity index is 658. The van der Waals surface area contributed by atoms with Gasteiger partial charge in [0.1, 0.15) is 5.69 Å². The third kappa shape index (κ3) is 2.25. The van der Waals surface area contributed by atoms with E-state index >= 15 is 0 Å². The average Bonchev–Trinajstić information content (AvgIpc) is 2.83. The highest BCUT2D eigenvalue weighted by Crippen LogP contribution is 2.31. The van der Waals surface area contributed by atoms with Gasteiger partial charge in [0.2, 0.25) is 0 Å². The van der Waals surface area contributed by atoms with E-state index in [9.17, 15) is 0 Å². The van der Waals surface area contributed by atoms with Crippen LogP contribution in [0.1, 0.15) is 16.7 Å². The fraction of sp³-hybridized carbons (Fsp3) is 0.167. The third-order valence-corrected chi connectivity index (χ3v) is 3.56. The predicted molar refractivity (Wildman–Crippen MR) is 81.6 cm³/mol. The van der Waals surface area contributed by atoms with Gasteiger partial charge in [-0.2, -0.15) is 0 Å². The van der Waals surface area contributed by atoms with E-state index in [1.165, 1.54) is 11.1 Å².